The molecule has 2 aliphatic rings. The lowest BCUT2D eigenvalue weighted by Crippen LogP contribution is -2.56. The lowest BCUT2D eigenvalue weighted by Gasteiger charge is -2.58. The lowest BCUT2D eigenvalue weighted by molar-refractivity contribution is -0.0637. The zero-order valence-electron chi connectivity index (χ0n) is 21.5. The summed E-state index contributed by atoms with van der Waals surface area (Å²) >= 11 is 0. The van der Waals surface area contributed by atoms with Crippen molar-refractivity contribution in [1.82, 2.24) is 0 Å². The molecule has 2 aliphatic carbocycles. The van der Waals surface area contributed by atoms with E-state index in [0.29, 0.717) is 17.9 Å². The molecular formula is C26H46O2Si2. The summed E-state index contributed by atoms with van der Waals surface area (Å²) in [6, 6.07) is 4.73. The van der Waals surface area contributed by atoms with Crippen LogP contribution in [0.15, 0.2) is 12.1 Å². The summed E-state index contributed by atoms with van der Waals surface area (Å²) in [5.74, 6) is 2.31. The van der Waals surface area contributed by atoms with Gasteiger partial charge in [-0.3, -0.25) is 0 Å². The standard InChI is InChI=1S/C26H46O2Si2/c1-18(2)24-19-12-15-22-25(3,4)23(28-30(9,10)11)16-17-26(22,5)20(19)13-14-21(24)27-29(6,7)8/h13-14,18,22-23H,12,15-17H2,1-11H3. The zero-order valence-corrected chi connectivity index (χ0v) is 23.5. The minimum absolute atomic E-state index is 0.205. The highest BCUT2D eigenvalue weighted by atomic mass is 28.4. The highest BCUT2D eigenvalue weighted by Gasteiger charge is 2.55. The summed E-state index contributed by atoms with van der Waals surface area (Å²) in [7, 11) is -3.19. The van der Waals surface area contributed by atoms with Gasteiger partial charge in [0.2, 0.25) is 8.32 Å². The van der Waals surface area contributed by atoms with Crippen LogP contribution in [-0.4, -0.2) is 22.7 Å². The van der Waals surface area contributed by atoms with Gasteiger partial charge in [-0.2, -0.15) is 0 Å². The minimum atomic E-state index is -1.64. The molecule has 3 unspecified atom stereocenters. The maximum Gasteiger partial charge on any atom is 0.242 e. The monoisotopic (exact) mass is 446 g/mol. The molecule has 3 atom stereocenters. The Kier molecular flexibility index (Phi) is 6.23. The minimum Gasteiger partial charge on any atom is -0.544 e. The lowest BCUT2D eigenvalue weighted by atomic mass is 9.49. The van der Waals surface area contributed by atoms with Gasteiger partial charge in [0.15, 0.2) is 8.32 Å². The van der Waals surface area contributed by atoms with Gasteiger partial charge in [-0.25, -0.2) is 0 Å². The number of hydrogen-bond acceptors (Lipinski definition) is 2. The third kappa shape index (κ3) is 4.47. The first-order valence-electron chi connectivity index (χ1n) is 12.1. The molecule has 1 saturated carbocycles. The van der Waals surface area contributed by atoms with Gasteiger partial charge < -0.3 is 8.85 Å². The molecule has 0 saturated heterocycles. The molecule has 30 heavy (non-hydrogen) atoms. The Hall–Kier alpha value is -0.586. The second-order valence-electron chi connectivity index (χ2n) is 13.0. The normalized spacial score (nSPS) is 28.8. The fourth-order valence-corrected chi connectivity index (χ4v) is 8.57. The molecule has 1 aromatic rings. The highest BCUT2D eigenvalue weighted by Crippen LogP contribution is 2.59. The van der Waals surface area contributed by atoms with Crippen LogP contribution in [0.3, 0.4) is 0 Å². The van der Waals surface area contributed by atoms with E-state index < -0.39 is 16.6 Å². The summed E-state index contributed by atoms with van der Waals surface area (Å²) in [6.07, 6.45) is 5.23. The SMILES string of the molecule is CC(C)c1c(O[Si](C)(C)C)ccc2c1CCC1C2(C)CCC(O[Si](C)(C)C)C1(C)C. The van der Waals surface area contributed by atoms with Crippen LogP contribution >= 0.6 is 0 Å². The van der Waals surface area contributed by atoms with Crippen molar-refractivity contribution in [2.24, 2.45) is 11.3 Å². The van der Waals surface area contributed by atoms with Crippen LogP contribution in [0, 0.1) is 11.3 Å². The van der Waals surface area contributed by atoms with Gasteiger partial charge in [-0.05, 0) is 110 Å². The van der Waals surface area contributed by atoms with Crippen molar-refractivity contribution in [3.8, 4) is 5.75 Å². The Balaban J connectivity index is 2.05. The fraction of sp³-hybridized carbons (Fsp3) is 0.769. The highest BCUT2D eigenvalue weighted by molar-refractivity contribution is 6.70. The molecule has 170 valence electrons. The molecule has 1 aromatic carbocycles. The van der Waals surface area contributed by atoms with Crippen LogP contribution in [-0.2, 0) is 16.3 Å². The Morgan fingerprint density at radius 2 is 1.57 bits per heavy atom. The summed E-state index contributed by atoms with van der Waals surface area (Å²) in [5.41, 5.74) is 5.12. The molecule has 0 heterocycles. The van der Waals surface area contributed by atoms with E-state index in [9.17, 15) is 0 Å². The van der Waals surface area contributed by atoms with Gasteiger partial charge in [0, 0.05) is 0 Å². The molecular weight excluding hydrogens is 400 g/mol. The van der Waals surface area contributed by atoms with Gasteiger partial charge in [-0.15, -0.1) is 0 Å². The van der Waals surface area contributed by atoms with Crippen LogP contribution < -0.4 is 4.43 Å². The molecule has 0 aliphatic heterocycles. The number of fused-ring (bicyclic) bond motifs is 3. The second kappa shape index (κ2) is 7.77. The van der Waals surface area contributed by atoms with Crippen LogP contribution in [0.25, 0.3) is 0 Å². The fourth-order valence-electron chi connectivity index (χ4n) is 6.46. The van der Waals surface area contributed by atoms with E-state index in [2.05, 4.69) is 86.0 Å². The number of hydrogen-bond donors (Lipinski definition) is 0. The van der Waals surface area contributed by atoms with E-state index >= 15 is 0 Å². The summed E-state index contributed by atoms with van der Waals surface area (Å²) in [4.78, 5) is 0. The summed E-state index contributed by atoms with van der Waals surface area (Å²) in [5, 5.41) is 0. The van der Waals surface area contributed by atoms with Gasteiger partial charge in [0.05, 0.1) is 6.10 Å². The quantitative estimate of drug-likeness (QED) is 0.428. The number of rotatable bonds is 5. The Labute approximate surface area is 188 Å². The topological polar surface area (TPSA) is 18.5 Å². The van der Waals surface area contributed by atoms with Crippen LogP contribution in [0.5, 0.6) is 5.75 Å². The smallest absolute Gasteiger partial charge is 0.242 e. The van der Waals surface area contributed by atoms with Crippen molar-refractivity contribution >= 4 is 16.6 Å². The van der Waals surface area contributed by atoms with E-state index in [0.717, 1.165) is 5.75 Å². The van der Waals surface area contributed by atoms with Crippen molar-refractivity contribution in [1.29, 1.82) is 0 Å². The first kappa shape index (κ1) is 24.1. The van der Waals surface area contributed by atoms with E-state index in [1.165, 1.54) is 31.2 Å². The molecule has 4 heteroatoms. The zero-order chi connectivity index (χ0) is 22.7. The predicted molar refractivity (Wildman–Crippen MR) is 135 cm³/mol. The van der Waals surface area contributed by atoms with Crippen molar-refractivity contribution < 1.29 is 8.85 Å². The van der Waals surface area contributed by atoms with Crippen molar-refractivity contribution in [3.63, 3.8) is 0 Å². The summed E-state index contributed by atoms with van der Waals surface area (Å²) in [6.45, 7) is 26.1. The second-order valence-corrected chi connectivity index (χ2v) is 21.8. The van der Waals surface area contributed by atoms with Crippen molar-refractivity contribution in [2.75, 3.05) is 0 Å². The molecule has 0 spiro atoms. The van der Waals surface area contributed by atoms with Crippen molar-refractivity contribution in [2.45, 2.75) is 117 Å². The first-order valence-corrected chi connectivity index (χ1v) is 18.9. The Morgan fingerprint density at radius 3 is 2.10 bits per heavy atom. The Morgan fingerprint density at radius 1 is 0.933 bits per heavy atom. The molecule has 0 radical (unpaired) electrons. The maximum absolute atomic E-state index is 6.74. The largest absolute Gasteiger partial charge is 0.544 e. The average molecular weight is 447 g/mol. The summed E-state index contributed by atoms with van der Waals surface area (Å²) < 4.78 is 13.3. The van der Waals surface area contributed by atoms with E-state index in [4.69, 9.17) is 8.85 Å². The molecule has 0 N–H and O–H groups in total. The molecule has 0 aromatic heterocycles. The van der Waals surface area contributed by atoms with E-state index in [1.54, 1.807) is 11.1 Å². The first-order chi connectivity index (χ1) is 13.6. The molecule has 2 nitrogen and oxygen atoms in total. The van der Waals surface area contributed by atoms with Crippen LogP contribution in [0.4, 0.5) is 0 Å². The van der Waals surface area contributed by atoms with Gasteiger partial charge in [-0.1, -0.05) is 40.7 Å². The Bertz CT molecular complexity index is 785. The number of benzene rings is 1. The molecule has 0 bridgehead atoms. The average Bonchev–Trinajstić information content (AvgIpc) is 2.54. The molecule has 0 amide bonds. The molecule has 3 rings (SSSR count). The van der Waals surface area contributed by atoms with Crippen LogP contribution in [0.2, 0.25) is 39.3 Å². The van der Waals surface area contributed by atoms with Gasteiger partial charge in [0.25, 0.3) is 0 Å². The van der Waals surface area contributed by atoms with Gasteiger partial charge in [0.1, 0.15) is 5.75 Å². The van der Waals surface area contributed by atoms with Gasteiger partial charge >= 0.3 is 0 Å². The van der Waals surface area contributed by atoms with Crippen molar-refractivity contribution in [3.05, 3.63) is 28.8 Å². The molecule has 1 fully saturated rings. The van der Waals surface area contributed by atoms with E-state index in [1.807, 2.05) is 0 Å². The predicted octanol–water partition coefficient (Wildman–Crippen LogP) is 7.88. The van der Waals surface area contributed by atoms with E-state index in [-0.39, 0.29) is 10.8 Å². The van der Waals surface area contributed by atoms with Crippen LogP contribution in [0.1, 0.15) is 76.5 Å². The third-order valence-corrected chi connectivity index (χ3v) is 9.35. The third-order valence-electron chi connectivity index (χ3n) is 7.53. The maximum atomic E-state index is 6.74.